The Labute approximate surface area is 211 Å². The highest BCUT2D eigenvalue weighted by Crippen LogP contribution is 2.17. The van der Waals surface area contributed by atoms with Crippen LogP contribution in [0.25, 0.3) is 0 Å². The third-order valence-electron chi connectivity index (χ3n) is 5.98. The molecule has 0 bridgehead atoms. The van der Waals surface area contributed by atoms with Crippen molar-refractivity contribution in [3.63, 3.8) is 0 Å². The molecule has 4 N–H and O–H groups in total. The van der Waals surface area contributed by atoms with Crippen LogP contribution in [0.4, 0.5) is 0 Å². The topological polar surface area (TPSA) is 149 Å². The molecule has 0 amide bonds. The molecule has 35 heavy (non-hydrogen) atoms. The SMILES string of the molecule is CCCCC(CCCCCC(=O)O)C(=O)O.O=C(O)CCCCCCCCCCCCCC(=O)O. The Bertz CT molecular complexity index is 523. The van der Waals surface area contributed by atoms with Crippen LogP contribution in [-0.2, 0) is 19.2 Å². The molecule has 0 rings (SSSR count). The van der Waals surface area contributed by atoms with E-state index in [0.29, 0.717) is 25.7 Å². The summed E-state index contributed by atoms with van der Waals surface area (Å²) in [6.45, 7) is 2.05. The minimum absolute atomic E-state index is 0.187. The lowest BCUT2D eigenvalue weighted by Crippen LogP contribution is -2.13. The molecule has 0 aromatic carbocycles. The van der Waals surface area contributed by atoms with Crippen LogP contribution in [0, 0.1) is 5.92 Å². The molecule has 0 fully saturated rings. The Morgan fingerprint density at radius 1 is 0.457 bits per heavy atom. The van der Waals surface area contributed by atoms with Crippen LogP contribution >= 0.6 is 0 Å². The minimum Gasteiger partial charge on any atom is -0.481 e. The summed E-state index contributed by atoms with van der Waals surface area (Å²) in [6.07, 6.45) is 18.5. The van der Waals surface area contributed by atoms with Gasteiger partial charge in [0.25, 0.3) is 0 Å². The summed E-state index contributed by atoms with van der Waals surface area (Å²) >= 11 is 0. The number of hydrogen-bond acceptors (Lipinski definition) is 4. The first-order valence-electron chi connectivity index (χ1n) is 13.6. The van der Waals surface area contributed by atoms with Gasteiger partial charge in [-0.3, -0.25) is 19.2 Å². The molecule has 0 aliphatic rings. The van der Waals surface area contributed by atoms with E-state index in [1.165, 1.54) is 32.1 Å². The first-order chi connectivity index (χ1) is 16.7. The van der Waals surface area contributed by atoms with Crippen molar-refractivity contribution >= 4 is 23.9 Å². The molecule has 206 valence electrons. The van der Waals surface area contributed by atoms with Crippen LogP contribution in [-0.4, -0.2) is 44.3 Å². The predicted molar refractivity (Wildman–Crippen MR) is 137 cm³/mol. The molecule has 0 radical (unpaired) electrons. The highest BCUT2D eigenvalue weighted by atomic mass is 16.4. The Kier molecular flexibility index (Phi) is 26.5. The first-order valence-corrected chi connectivity index (χ1v) is 13.6. The van der Waals surface area contributed by atoms with E-state index in [4.69, 9.17) is 20.4 Å². The molecule has 0 aromatic rings. The van der Waals surface area contributed by atoms with E-state index in [2.05, 4.69) is 0 Å². The van der Waals surface area contributed by atoms with Crippen molar-refractivity contribution in [3.8, 4) is 0 Å². The van der Waals surface area contributed by atoms with Crippen molar-refractivity contribution < 1.29 is 39.6 Å². The van der Waals surface area contributed by atoms with Gasteiger partial charge in [0, 0.05) is 19.3 Å². The van der Waals surface area contributed by atoms with Gasteiger partial charge in [0.1, 0.15) is 0 Å². The van der Waals surface area contributed by atoms with Crippen molar-refractivity contribution in [3.05, 3.63) is 0 Å². The monoisotopic (exact) mass is 502 g/mol. The normalized spacial score (nSPS) is 11.3. The molecular formula is C27H50O8. The van der Waals surface area contributed by atoms with Crippen molar-refractivity contribution in [2.45, 2.75) is 142 Å². The van der Waals surface area contributed by atoms with Crippen LogP contribution in [0.1, 0.15) is 142 Å². The fourth-order valence-corrected chi connectivity index (χ4v) is 3.83. The van der Waals surface area contributed by atoms with Crippen LogP contribution in [0.3, 0.4) is 0 Å². The molecule has 8 nitrogen and oxygen atoms in total. The summed E-state index contributed by atoms with van der Waals surface area (Å²) in [7, 11) is 0. The van der Waals surface area contributed by atoms with Gasteiger partial charge in [-0.15, -0.1) is 0 Å². The zero-order valence-corrected chi connectivity index (χ0v) is 21.8. The van der Waals surface area contributed by atoms with Crippen molar-refractivity contribution in [2.24, 2.45) is 5.92 Å². The molecule has 1 atom stereocenters. The lowest BCUT2D eigenvalue weighted by atomic mass is 9.95. The summed E-state index contributed by atoms with van der Waals surface area (Å²) in [4.78, 5) is 41.7. The van der Waals surface area contributed by atoms with Gasteiger partial charge >= 0.3 is 23.9 Å². The van der Waals surface area contributed by atoms with Gasteiger partial charge in [0.2, 0.25) is 0 Å². The fourth-order valence-electron chi connectivity index (χ4n) is 3.83. The quantitative estimate of drug-likeness (QED) is 0.102. The van der Waals surface area contributed by atoms with Gasteiger partial charge in [-0.2, -0.15) is 0 Å². The van der Waals surface area contributed by atoms with Gasteiger partial charge in [-0.1, -0.05) is 90.4 Å². The van der Waals surface area contributed by atoms with E-state index in [1.54, 1.807) is 0 Å². The van der Waals surface area contributed by atoms with Gasteiger partial charge in [0.05, 0.1) is 5.92 Å². The van der Waals surface area contributed by atoms with Crippen molar-refractivity contribution in [1.29, 1.82) is 0 Å². The standard InChI is InChI=1S/C15H28O4.C12H22O4/c16-14(17)12-10-8-6-4-2-1-3-5-7-9-11-13-15(18)19;1-2-3-7-10(12(15)16)8-5-4-6-9-11(13)14/h1-13H2,(H,16,17)(H,18,19);10H,2-9H2,1H3,(H,13,14)(H,15,16). The van der Waals surface area contributed by atoms with Gasteiger partial charge < -0.3 is 20.4 Å². The molecule has 0 saturated heterocycles. The van der Waals surface area contributed by atoms with Gasteiger partial charge in [0.15, 0.2) is 0 Å². The van der Waals surface area contributed by atoms with Crippen LogP contribution in [0.2, 0.25) is 0 Å². The Morgan fingerprint density at radius 2 is 0.743 bits per heavy atom. The maximum absolute atomic E-state index is 10.9. The van der Waals surface area contributed by atoms with E-state index < -0.39 is 23.9 Å². The zero-order valence-electron chi connectivity index (χ0n) is 21.8. The molecular weight excluding hydrogens is 452 g/mol. The van der Waals surface area contributed by atoms with Crippen LogP contribution < -0.4 is 0 Å². The molecule has 0 aliphatic heterocycles. The second-order valence-electron chi connectivity index (χ2n) is 9.35. The first kappa shape index (κ1) is 35.0. The molecule has 0 spiro atoms. The fraction of sp³-hybridized carbons (Fsp3) is 0.852. The summed E-state index contributed by atoms with van der Waals surface area (Å²) in [6, 6.07) is 0. The second kappa shape index (κ2) is 26.5. The minimum atomic E-state index is -0.777. The number of carboxylic acids is 4. The average Bonchev–Trinajstić information content (AvgIpc) is 2.78. The highest BCUT2D eigenvalue weighted by molar-refractivity contribution is 5.69. The largest absolute Gasteiger partial charge is 0.481 e. The Morgan fingerprint density at radius 3 is 1.03 bits per heavy atom. The summed E-state index contributed by atoms with van der Waals surface area (Å²) in [5, 5.41) is 34.3. The summed E-state index contributed by atoms with van der Waals surface area (Å²) in [5.74, 6) is -3.12. The molecule has 8 heteroatoms. The van der Waals surface area contributed by atoms with E-state index in [1.807, 2.05) is 6.92 Å². The lowest BCUT2D eigenvalue weighted by Gasteiger charge is -2.10. The van der Waals surface area contributed by atoms with Crippen LogP contribution in [0.5, 0.6) is 0 Å². The highest BCUT2D eigenvalue weighted by Gasteiger charge is 2.15. The average molecular weight is 503 g/mol. The number of hydrogen-bond donors (Lipinski definition) is 4. The van der Waals surface area contributed by atoms with E-state index in [9.17, 15) is 19.2 Å². The summed E-state index contributed by atoms with van der Waals surface area (Å²) in [5.41, 5.74) is 0. The molecule has 0 saturated carbocycles. The van der Waals surface area contributed by atoms with E-state index in [-0.39, 0.29) is 12.3 Å². The maximum Gasteiger partial charge on any atom is 0.306 e. The number of rotatable bonds is 24. The van der Waals surface area contributed by atoms with Crippen molar-refractivity contribution in [2.75, 3.05) is 0 Å². The summed E-state index contributed by atoms with van der Waals surface area (Å²) < 4.78 is 0. The second-order valence-corrected chi connectivity index (χ2v) is 9.35. The molecule has 0 aromatic heterocycles. The Hall–Kier alpha value is -2.12. The van der Waals surface area contributed by atoms with Crippen molar-refractivity contribution in [1.82, 2.24) is 0 Å². The number of unbranched alkanes of at least 4 members (excludes halogenated alkanes) is 13. The van der Waals surface area contributed by atoms with Gasteiger partial charge in [-0.05, 0) is 32.1 Å². The maximum atomic E-state index is 10.9. The molecule has 0 heterocycles. The molecule has 1 unspecified atom stereocenters. The smallest absolute Gasteiger partial charge is 0.306 e. The van der Waals surface area contributed by atoms with E-state index >= 15 is 0 Å². The number of aliphatic carboxylic acids is 4. The number of carboxylic acid groups (broad SMARTS) is 4. The van der Waals surface area contributed by atoms with E-state index in [0.717, 1.165) is 70.6 Å². The Balaban J connectivity index is 0. The zero-order chi connectivity index (χ0) is 26.7. The number of carbonyl (C=O) groups is 4. The van der Waals surface area contributed by atoms with Gasteiger partial charge in [-0.25, -0.2) is 0 Å². The third kappa shape index (κ3) is 31.9. The lowest BCUT2D eigenvalue weighted by molar-refractivity contribution is -0.142. The van der Waals surface area contributed by atoms with Crippen LogP contribution in [0.15, 0.2) is 0 Å². The predicted octanol–water partition coefficient (Wildman–Crippen LogP) is 7.14. The molecule has 0 aliphatic carbocycles. The third-order valence-corrected chi connectivity index (χ3v) is 5.98.